The molecule has 0 aliphatic carbocycles. The van der Waals surface area contributed by atoms with E-state index in [1.54, 1.807) is 13.2 Å². The summed E-state index contributed by atoms with van der Waals surface area (Å²) in [5, 5.41) is 3.90. The topological polar surface area (TPSA) is 34.1 Å². The first-order valence-electron chi connectivity index (χ1n) is 5.42. The maximum absolute atomic E-state index is 13.8. The molecule has 90 valence electrons. The van der Waals surface area contributed by atoms with Gasteiger partial charge in [0.25, 0.3) is 0 Å². The molecule has 1 N–H and O–H groups in total. The van der Waals surface area contributed by atoms with Crippen molar-refractivity contribution in [3.05, 3.63) is 35.3 Å². The largest absolute Gasteiger partial charge is 0.388 e. The molecule has 0 aliphatic heterocycles. The van der Waals surface area contributed by atoms with Gasteiger partial charge < -0.3 is 10.1 Å². The van der Waals surface area contributed by atoms with Crippen LogP contribution in [0, 0.1) is 12.7 Å². The standard InChI is InChI=1S/C13H15FN2O/c1-8-4-5-10(14)13-12(8)11(15-2)6-9(16-13)7-17-3/h4-6H,7H2,1-3H3,(H,15,16). The van der Waals surface area contributed by atoms with Crippen molar-refractivity contribution in [3.63, 3.8) is 0 Å². The zero-order chi connectivity index (χ0) is 12.4. The molecule has 4 heteroatoms. The van der Waals surface area contributed by atoms with Gasteiger partial charge in [-0.15, -0.1) is 0 Å². The first kappa shape index (κ1) is 11.8. The van der Waals surface area contributed by atoms with Crippen molar-refractivity contribution in [2.75, 3.05) is 19.5 Å². The van der Waals surface area contributed by atoms with Gasteiger partial charge in [0, 0.05) is 25.2 Å². The number of benzene rings is 1. The number of ether oxygens (including phenoxy) is 1. The summed E-state index contributed by atoms with van der Waals surface area (Å²) in [6, 6.07) is 5.09. The first-order chi connectivity index (χ1) is 8.17. The third-order valence-electron chi connectivity index (χ3n) is 2.73. The Kier molecular flexibility index (Phi) is 3.24. The zero-order valence-electron chi connectivity index (χ0n) is 10.2. The van der Waals surface area contributed by atoms with Gasteiger partial charge in [-0.05, 0) is 24.6 Å². The van der Waals surface area contributed by atoms with Crippen molar-refractivity contribution in [1.29, 1.82) is 0 Å². The first-order valence-corrected chi connectivity index (χ1v) is 5.42. The van der Waals surface area contributed by atoms with Gasteiger partial charge in [-0.25, -0.2) is 9.37 Å². The van der Waals surface area contributed by atoms with Gasteiger partial charge in [-0.1, -0.05) is 6.07 Å². The minimum atomic E-state index is -0.306. The molecule has 1 heterocycles. The van der Waals surface area contributed by atoms with E-state index in [0.717, 1.165) is 16.6 Å². The summed E-state index contributed by atoms with van der Waals surface area (Å²) >= 11 is 0. The van der Waals surface area contributed by atoms with Crippen LogP contribution in [0.2, 0.25) is 0 Å². The summed E-state index contributed by atoms with van der Waals surface area (Å²) < 4.78 is 18.8. The van der Waals surface area contributed by atoms with Crippen molar-refractivity contribution in [2.24, 2.45) is 0 Å². The van der Waals surface area contributed by atoms with Crippen molar-refractivity contribution in [2.45, 2.75) is 13.5 Å². The number of rotatable bonds is 3. The number of aryl methyl sites for hydroxylation is 1. The number of nitrogens with zero attached hydrogens (tertiary/aromatic N) is 1. The number of anilines is 1. The quantitative estimate of drug-likeness (QED) is 0.886. The van der Waals surface area contributed by atoms with Gasteiger partial charge >= 0.3 is 0 Å². The van der Waals surface area contributed by atoms with Gasteiger partial charge in [-0.2, -0.15) is 0 Å². The van der Waals surface area contributed by atoms with Crippen LogP contribution < -0.4 is 5.32 Å². The monoisotopic (exact) mass is 234 g/mol. The molecule has 2 aromatic rings. The molecule has 3 nitrogen and oxygen atoms in total. The maximum atomic E-state index is 13.8. The van der Waals surface area contributed by atoms with Gasteiger partial charge in [-0.3, -0.25) is 0 Å². The number of halogens is 1. The van der Waals surface area contributed by atoms with Crippen LogP contribution in [-0.4, -0.2) is 19.1 Å². The van der Waals surface area contributed by atoms with E-state index < -0.39 is 0 Å². The van der Waals surface area contributed by atoms with Crippen LogP contribution in [-0.2, 0) is 11.3 Å². The molecule has 0 radical (unpaired) electrons. The van der Waals surface area contributed by atoms with Crippen LogP contribution in [0.3, 0.4) is 0 Å². The predicted octanol–water partition coefficient (Wildman–Crippen LogP) is 2.87. The molecule has 0 bridgehead atoms. The number of methoxy groups -OCH3 is 1. The van der Waals surface area contributed by atoms with Crippen LogP contribution in [0.15, 0.2) is 18.2 Å². The van der Waals surface area contributed by atoms with E-state index >= 15 is 0 Å². The SMILES string of the molecule is CNc1cc(COC)nc2c(F)ccc(C)c12. The minimum Gasteiger partial charge on any atom is -0.388 e. The number of fused-ring (bicyclic) bond motifs is 1. The lowest BCUT2D eigenvalue weighted by Crippen LogP contribution is -2.00. The molecule has 1 aromatic carbocycles. The normalized spacial score (nSPS) is 10.8. The van der Waals surface area contributed by atoms with Crippen molar-refractivity contribution in [3.8, 4) is 0 Å². The van der Waals surface area contributed by atoms with E-state index in [0.29, 0.717) is 17.8 Å². The summed E-state index contributed by atoms with van der Waals surface area (Å²) in [5.41, 5.74) is 2.99. The van der Waals surface area contributed by atoms with Gasteiger partial charge in [0.1, 0.15) is 11.3 Å². The highest BCUT2D eigenvalue weighted by atomic mass is 19.1. The molecular weight excluding hydrogens is 219 g/mol. The fourth-order valence-electron chi connectivity index (χ4n) is 1.95. The van der Waals surface area contributed by atoms with E-state index in [1.807, 2.05) is 20.0 Å². The highest BCUT2D eigenvalue weighted by Gasteiger charge is 2.11. The molecule has 0 saturated heterocycles. The van der Waals surface area contributed by atoms with E-state index in [4.69, 9.17) is 4.74 Å². The number of pyridine rings is 1. The number of hydrogen-bond acceptors (Lipinski definition) is 3. The van der Waals surface area contributed by atoms with Crippen LogP contribution in [0.5, 0.6) is 0 Å². The Morgan fingerprint density at radius 3 is 2.82 bits per heavy atom. The van der Waals surface area contributed by atoms with E-state index in [-0.39, 0.29) is 5.82 Å². The highest BCUT2D eigenvalue weighted by Crippen LogP contribution is 2.28. The highest BCUT2D eigenvalue weighted by molar-refractivity contribution is 5.94. The molecule has 0 spiro atoms. The minimum absolute atomic E-state index is 0.306. The van der Waals surface area contributed by atoms with E-state index in [2.05, 4.69) is 10.3 Å². The molecule has 0 aliphatic rings. The van der Waals surface area contributed by atoms with Crippen LogP contribution in [0.25, 0.3) is 10.9 Å². The van der Waals surface area contributed by atoms with Crippen LogP contribution in [0.1, 0.15) is 11.3 Å². The van der Waals surface area contributed by atoms with E-state index in [9.17, 15) is 4.39 Å². The summed E-state index contributed by atoms with van der Waals surface area (Å²) in [4.78, 5) is 4.29. The summed E-state index contributed by atoms with van der Waals surface area (Å²) in [7, 11) is 3.41. The Morgan fingerprint density at radius 1 is 1.41 bits per heavy atom. The Hall–Kier alpha value is -1.68. The second kappa shape index (κ2) is 4.67. The molecule has 0 saturated carbocycles. The van der Waals surface area contributed by atoms with Crippen LogP contribution >= 0.6 is 0 Å². The molecule has 17 heavy (non-hydrogen) atoms. The number of nitrogens with one attached hydrogen (secondary N) is 1. The Morgan fingerprint density at radius 2 is 2.18 bits per heavy atom. The predicted molar refractivity (Wildman–Crippen MR) is 66.7 cm³/mol. The van der Waals surface area contributed by atoms with Gasteiger partial charge in [0.2, 0.25) is 0 Å². The number of hydrogen-bond donors (Lipinski definition) is 1. The summed E-state index contributed by atoms with van der Waals surface area (Å²) in [6.07, 6.45) is 0. The Bertz CT molecular complexity index is 555. The average Bonchev–Trinajstić information content (AvgIpc) is 2.33. The van der Waals surface area contributed by atoms with Gasteiger partial charge in [0.05, 0.1) is 12.3 Å². The summed E-state index contributed by atoms with van der Waals surface area (Å²) in [6.45, 7) is 2.32. The van der Waals surface area contributed by atoms with Crippen LogP contribution in [0.4, 0.5) is 10.1 Å². The second-order valence-electron chi connectivity index (χ2n) is 3.93. The molecule has 0 fully saturated rings. The lowest BCUT2D eigenvalue weighted by Gasteiger charge is -2.11. The summed E-state index contributed by atoms with van der Waals surface area (Å²) in [5.74, 6) is -0.306. The molecule has 0 unspecified atom stereocenters. The molecule has 0 amide bonds. The van der Waals surface area contributed by atoms with Crippen molar-refractivity contribution < 1.29 is 9.13 Å². The average molecular weight is 234 g/mol. The molecule has 0 atom stereocenters. The smallest absolute Gasteiger partial charge is 0.149 e. The van der Waals surface area contributed by atoms with Gasteiger partial charge in [0.15, 0.2) is 0 Å². The third-order valence-corrected chi connectivity index (χ3v) is 2.73. The zero-order valence-corrected chi connectivity index (χ0v) is 10.2. The van der Waals surface area contributed by atoms with Crippen molar-refractivity contribution in [1.82, 2.24) is 4.98 Å². The second-order valence-corrected chi connectivity index (χ2v) is 3.93. The molecular formula is C13H15FN2O. The lowest BCUT2D eigenvalue weighted by atomic mass is 10.1. The maximum Gasteiger partial charge on any atom is 0.149 e. The fourth-order valence-corrected chi connectivity index (χ4v) is 1.95. The van der Waals surface area contributed by atoms with Crippen molar-refractivity contribution >= 4 is 16.6 Å². The lowest BCUT2D eigenvalue weighted by molar-refractivity contribution is 0.182. The third kappa shape index (κ3) is 2.08. The Labute approximate surface area is 99.6 Å². The number of aromatic nitrogens is 1. The van der Waals surface area contributed by atoms with E-state index in [1.165, 1.54) is 6.07 Å². The molecule has 2 rings (SSSR count). The Balaban J connectivity index is 2.77. The fraction of sp³-hybridized carbons (Fsp3) is 0.308. The molecule has 1 aromatic heterocycles.